The van der Waals surface area contributed by atoms with E-state index >= 15 is 0 Å². The van der Waals surface area contributed by atoms with E-state index in [2.05, 4.69) is 10.6 Å². The highest BCUT2D eigenvalue weighted by Crippen LogP contribution is 2.28. The highest BCUT2D eigenvalue weighted by Gasteiger charge is 2.18. The summed E-state index contributed by atoms with van der Waals surface area (Å²) in [6.45, 7) is 2.69. The van der Waals surface area contributed by atoms with Crippen molar-refractivity contribution in [2.45, 2.75) is 6.42 Å². The summed E-state index contributed by atoms with van der Waals surface area (Å²) in [7, 11) is 3.19. The van der Waals surface area contributed by atoms with Crippen molar-refractivity contribution in [3.63, 3.8) is 0 Å². The monoisotopic (exact) mass is 300 g/mol. The summed E-state index contributed by atoms with van der Waals surface area (Å²) in [5.74, 6) is 1.91. The molecular formula is C14H21ClN2O3. The van der Waals surface area contributed by atoms with Crippen LogP contribution in [0.5, 0.6) is 11.5 Å². The van der Waals surface area contributed by atoms with Crippen LogP contribution in [0.4, 0.5) is 0 Å². The molecule has 6 heteroatoms. The van der Waals surface area contributed by atoms with Crippen LogP contribution < -0.4 is 20.1 Å². The fourth-order valence-corrected chi connectivity index (χ4v) is 2.08. The Morgan fingerprint density at radius 2 is 1.90 bits per heavy atom. The number of ether oxygens (including phenoxy) is 2. The largest absolute Gasteiger partial charge is 0.496 e. The molecule has 0 radical (unpaired) electrons. The molecule has 20 heavy (non-hydrogen) atoms. The van der Waals surface area contributed by atoms with E-state index < -0.39 is 0 Å². The first-order valence-corrected chi connectivity index (χ1v) is 6.42. The van der Waals surface area contributed by atoms with E-state index in [1.165, 1.54) is 0 Å². The molecule has 0 aliphatic carbocycles. The summed E-state index contributed by atoms with van der Waals surface area (Å²) in [6, 6.07) is 5.51. The van der Waals surface area contributed by atoms with E-state index in [1.54, 1.807) is 14.2 Å². The highest BCUT2D eigenvalue weighted by atomic mass is 35.5. The van der Waals surface area contributed by atoms with Crippen molar-refractivity contribution in [2.24, 2.45) is 5.92 Å². The normalized spacial score (nSPS) is 13.9. The Balaban J connectivity index is 0.00000200. The molecule has 1 fully saturated rings. The van der Waals surface area contributed by atoms with Gasteiger partial charge in [-0.3, -0.25) is 4.79 Å². The molecule has 5 nitrogen and oxygen atoms in total. The Morgan fingerprint density at radius 3 is 2.35 bits per heavy atom. The summed E-state index contributed by atoms with van der Waals surface area (Å²) in [6.07, 6.45) is 0.271. The molecule has 0 bridgehead atoms. The van der Waals surface area contributed by atoms with Gasteiger partial charge in [0.05, 0.1) is 20.6 Å². The molecule has 1 aromatic rings. The topological polar surface area (TPSA) is 59.6 Å². The van der Waals surface area contributed by atoms with Crippen LogP contribution in [0.1, 0.15) is 5.56 Å². The number of hydrogen-bond acceptors (Lipinski definition) is 4. The van der Waals surface area contributed by atoms with Gasteiger partial charge in [-0.15, -0.1) is 12.4 Å². The Kier molecular flexibility index (Phi) is 6.61. The second-order valence-corrected chi connectivity index (χ2v) is 4.65. The lowest BCUT2D eigenvalue weighted by atomic mass is 10.0. The second kappa shape index (κ2) is 7.97. The van der Waals surface area contributed by atoms with Crippen LogP contribution in [-0.2, 0) is 11.2 Å². The van der Waals surface area contributed by atoms with Crippen LogP contribution in [0.2, 0.25) is 0 Å². The SMILES string of the molecule is COc1cccc(OC)c1CC(=O)NCC1CNC1.Cl. The van der Waals surface area contributed by atoms with Gasteiger partial charge in [-0.2, -0.15) is 0 Å². The lowest BCUT2D eigenvalue weighted by Gasteiger charge is -2.27. The third kappa shape index (κ3) is 4.02. The number of carbonyl (C=O) groups is 1. The molecule has 112 valence electrons. The summed E-state index contributed by atoms with van der Waals surface area (Å²) < 4.78 is 10.6. The van der Waals surface area contributed by atoms with Crippen LogP contribution in [0, 0.1) is 5.92 Å². The number of benzene rings is 1. The summed E-state index contributed by atoms with van der Waals surface area (Å²) in [5, 5.41) is 6.13. The maximum absolute atomic E-state index is 12.0. The molecule has 2 rings (SSSR count). The van der Waals surface area contributed by atoms with Crippen LogP contribution in [0.25, 0.3) is 0 Å². The van der Waals surface area contributed by atoms with Gasteiger partial charge in [-0.05, 0) is 12.1 Å². The molecule has 0 saturated carbocycles. The molecule has 1 aliphatic rings. The first-order chi connectivity index (χ1) is 9.24. The maximum atomic E-state index is 12.0. The second-order valence-electron chi connectivity index (χ2n) is 4.65. The third-order valence-electron chi connectivity index (χ3n) is 3.32. The first kappa shape index (κ1) is 16.6. The molecule has 0 unspecified atom stereocenters. The van der Waals surface area contributed by atoms with E-state index in [4.69, 9.17) is 9.47 Å². The Bertz CT molecular complexity index is 428. The molecule has 1 aliphatic heterocycles. The van der Waals surface area contributed by atoms with Gasteiger partial charge in [-0.1, -0.05) is 6.07 Å². The quantitative estimate of drug-likeness (QED) is 0.823. The van der Waals surface area contributed by atoms with Crippen molar-refractivity contribution in [3.05, 3.63) is 23.8 Å². The fourth-order valence-electron chi connectivity index (χ4n) is 2.08. The molecule has 1 amide bonds. The minimum absolute atomic E-state index is 0. The number of rotatable bonds is 6. The van der Waals surface area contributed by atoms with Crippen LogP contribution in [0.15, 0.2) is 18.2 Å². The molecule has 0 aromatic heterocycles. The number of halogens is 1. The minimum atomic E-state index is -0.00491. The molecule has 1 heterocycles. The van der Waals surface area contributed by atoms with E-state index in [0.717, 1.165) is 25.2 Å². The van der Waals surface area contributed by atoms with Gasteiger partial charge in [0.2, 0.25) is 5.91 Å². The predicted molar refractivity (Wildman–Crippen MR) is 79.9 cm³/mol. The van der Waals surface area contributed by atoms with Gasteiger partial charge in [0, 0.05) is 31.1 Å². The molecular weight excluding hydrogens is 280 g/mol. The van der Waals surface area contributed by atoms with Gasteiger partial charge in [0.15, 0.2) is 0 Å². The van der Waals surface area contributed by atoms with Crippen molar-refractivity contribution in [1.29, 1.82) is 0 Å². The van der Waals surface area contributed by atoms with Gasteiger partial charge in [0.25, 0.3) is 0 Å². The zero-order chi connectivity index (χ0) is 13.7. The highest BCUT2D eigenvalue weighted by molar-refractivity contribution is 5.85. The van der Waals surface area contributed by atoms with E-state index in [9.17, 15) is 4.79 Å². The van der Waals surface area contributed by atoms with E-state index in [0.29, 0.717) is 17.4 Å². The van der Waals surface area contributed by atoms with Crippen LogP contribution in [0.3, 0.4) is 0 Å². The van der Waals surface area contributed by atoms with Crippen LogP contribution in [-0.4, -0.2) is 39.8 Å². The maximum Gasteiger partial charge on any atom is 0.224 e. The van der Waals surface area contributed by atoms with E-state index in [-0.39, 0.29) is 24.7 Å². The van der Waals surface area contributed by atoms with Crippen molar-refractivity contribution in [1.82, 2.24) is 10.6 Å². The Labute approximate surface area is 125 Å². The van der Waals surface area contributed by atoms with Gasteiger partial charge < -0.3 is 20.1 Å². The summed E-state index contributed by atoms with van der Waals surface area (Å²) >= 11 is 0. The van der Waals surface area contributed by atoms with E-state index in [1.807, 2.05) is 18.2 Å². The van der Waals surface area contributed by atoms with Gasteiger partial charge >= 0.3 is 0 Å². The van der Waals surface area contributed by atoms with Gasteiger partial charge in [0.1, 0.15) is 11.5 Å². The number of hydrogen-bond donors (Lipinski definition) is 2. The smallest absolute Gasteiger partial charge is 0.224 e. The fraction of sp³-hybridized carbons (Fsp3) is 0.500. The molecule has 1 aromatic carbocycles. The number of carbonyl (C=O) groups excluding carboxylic acids is 1. The minimum Gasteiger partial charge on any atom is -0.496 e. The molecule has 0 spiro atoms. The summed E-state index contributed by atoms with van der Waals surface area (Å²) in [4.78, 5) is 12.0. The van der Waals surface area contributed by atoms with Crippen molar-refractivity contribution in [2.75, 3.05) is 33.9 Å². The average Bonchev–Trinajstić information content (AvgIpc) is 2.37. The number of methoxy groups -OCH3 is 2. The van der Waals surface area contributed by atoms with Gasteiger partial charge in [-0.25, -0.2) is 0 Å². The first-order valence-electron chi connectivity index (χ1n) is 6.42. The average molecular weight is 301 g/mol. The standard InChI is InChI=1S/C14H20N2O3.ClH/c1-18-12-4-3-5-13(19-2)11(12)6-14(17)16-9-10-7-15-8-10;/h3-5,10,15H,6-9H2,1-2H3,(H,16,17);1H. The molecule has 1 saturated heterocycles. The number of amides is 1. The van der Waals surface area contributed by atoms with Crippen molar-refractivity contribution < 1.29 is 14.3 Å². The van der Waals surface area contributed by atoms with Crippen molar-refractivity contribution >= 4 is 18.3 Å². The zero-order valence-corrected chi connectivity index (χ0v) is 12.6. The lowest BCUT2D eigenvalue weighted by Crippen LogP contribution is -2.48. The van der Waals surface area contributed by atoms with Crippen molar-refractivity contribution in [3.8, 4) is 11.5 Å². The molecule has 2 N–H and O–H groups in total. The zero-order valence-electron chi connectivity index (χ0n) is 11.8. The Morgan fingerprint density at radius 1 is 1.30 bits per heavy atom. The third-order valence-corrected chi connectivity index (χ3v) is 3.32. The Hall–Kier alpha value is -1.46. The predicted octanol–water partition coefficient (Wildman–Crippen LogP) is 1.00. The van der Waals surface area contributed by atoms with Crippen LogP contribution >= 0.6 is 12.4 Å². The molecule has 0 atom stereocenters. The lowest BCUT2D eigenvalue weighted by molar-refractivity contribution is -0.120. The summed E-state index contributed by atoms with van der Waals surface area (Å²) in [5.41, 5.74) is 0.789. The number of nitrogens with one attached hydrogen (secondary N) is 2.